The van der Waals surface area contributed by atoms with Crippen molar-refractivity contribution in [2.45, 2.75) is 26.8 Å². The van der Waals surface area contributed by atoms with E-state index in [-0.39, 0.29) is 11.3 Å². The van der Waals surface area contributed by atoms with Gasteiger partial charge in [-0.1, -0.05) is 12.1 Å². The third-order valence-corrected chi connectivity index (χ3v) is 5.82. The molecule has 7 nitrogen and oxygen atoms in total. The number of carbonyl (C=O) groups excluding carboxylic acids is 2. The van der Waals surface area contributed by atoms with Crippen molar-refractivity contribution in [3.8, 4) is 11.5 Å². The Labute approximate surface area is 198 Å². The van der Waals surface area contributed by atoms with Crippen LogP contribution in [-0.4, -0.2) is 35.5 Å². The summed E-state index contributed by atoms with van der Waals surface area (Å²) < 4.78 is 11.0. The molecule has 7 heteroatoms. The predicted molar refractivity (Wildman–Crippen MR) is 129 cm³/mol. The SMILES string of the molecule is CCOc1cccc(N2C(=O)C(=O)/C(=C(/O)c3cc(C)c(OC)cc3C)C2c2ccccn2)c1. The van der Waals surface area contributed by atoms with Crippen LogP contribution in [0.3, 0.4) is 0 Å². The van der Waals surface area contributed by atoms with Crippen molar-refractivity contribution in [1.29, 1.82) is 0 Å². The van der Waals surface area contributed by atoms with E-state index in [1.54, 1.807) is 67.9 Å². The van der Waals surface area contributed by atoms with Crippen LogP contribution >= 0.6 is 0 Å². The van der Waals surface area contributed by atoms with Gasteiger partial charge in [0.1, 0.15) is 23.3 Å². The number of ketones is 1. The lowest BCUT2D eigenvalue weighted by atomic mass is 9.95. The molecule has 2 heterocycles. The molecule has 0 radical (unpaired) electrons. The quantitative estimate of drug-likeness (QED) is 0.326. The zero-order chi connectivity index (χ0) is 24.4. The number of anilines is 1. The summed E-state index contributed by atoms with van der Waals surface area (Å²) in [6.07, 6.45) is 1.59. The molecule has 1 unspecified atom stereocenters. The molecule has 174 valence electrons. The van der Waals surface area contributed by atoms with Crippen molar-refractivity contribution in [3.05, 3.63) is 88.8 Å². The second kappa shape index (κ2) is 9.39. The van der Waals surface area contributed by atoms with Crippen molar-refractivity contribution >= 4 is 23.1 Å². The number of rotatable bonds is 6. The Balaban J connectivity index is 1.94. The van der Waals surface area contributed by atoms with Gasteiger partial charge in [-0.15, -0.1) is 0 Å². The molecule has 0 spiro atoms. The first-order valence-electron chi connectivity index (χ1n) is 11.0. The lowest BCUT2D eigenvalue weighted by molar-refractivity contribution is -0.132. The number of aliphatic hydroxyl groups excluding tert-OH is 1. The number of Topliss-reactive ketones (excluding diaryl/α,β-unsaturated/α-hetero) is 1. The molecule has 2 aromatic carbocycles. The highest BCUT2D eigenvalue weighted by molar-refractivity contribution is 6.51. The van der Waals surface area contributed by atoms with Crippen molar-refractivity contribution in [3.63, 3.8) is 0 Å². The molecule has 1 aliphatic rings. The molecule has 1 aromatic heterocycles. The monoisotopic (exact) mass is 458 g/mol. The van der Waals surface area contributed by atoms with E-state index in [0.717, 1.165) is 5.56 Å². The smallest absolute Gasteiger partial charge is 0.300 e. The van der Waals surface area contributed by atoms with E-state index in [2.05, 4.69) is 4.98 Å². The zero-order valence-electron chi connectivity index (χ0n) is 19.5. The van der Waals surface area contributed by atoms with Gasteiger partial charge in [-0.2, -0.15) is 0 Å². The summed E-state index contributed by atoms with van der Waals surface area (Å²) in [5, 5.41) is 11.4. The Morgan fingerprint density at radius 1 is 1.06 bits per heavy atom. The van der Waals surface area contributed by atoms with Crippen LogP contribution in [0.15, 0.2) is 66.4 Å². The van der Waals surface area contributed by atoms with E-state index >= 15 is 0 Å². The van der Waals surface area contributed by atoms with Crippen molar-refractivity contribution in [2.24, 2.45) is 0 Å². The number of nitrogens with zero attached hydrogens (tertiary/aromatic N) is 2. The largest absolute Gasteiger partial charge is 0.507 e. The second-order valence-electron chi connectivity index (χ2n) is 7.99. The van der Waals surface area contributed by atoms with Gasteiger partial charge in [-0.3, -0.25) is 19.5 Å². The molecule has 0 aliphatic carbocycles. The minimum Gasteiger partial charge on any atom is -0.507 e. The van der Waals surface area contributed by atoms with Crippen molar-refractivity contribution in [1.82, 2.24) is 4.98 Å². The molecule has 1 saturated heterocycles. The summed E-state index contributed by atoms with van der Waals surface area (Å²) in [7, 11) is 1.57. The molecular formula is C27H26N2O5. The highest BCUT2D eigenvalue weighted by Crippen LogP contribution is 2.43. The number of hydrogen-bond acceptors (Lipinski definition) is 6. The maximum absolute atomic E-state index is 13.3. The lowest BCUT2D eigenvalue weighted by Crippen LogP contribution is -2.29. The number of amides is 1. The van der Waals surface area contributed by atoms with Gasteiger partial charge in [-0.05, 0) is 68.3 Å². The number of aromatic nitrogens is 1. The van der Waals surface area contributed by atoms with Crippen LogP contribution in [0.5, 0.6) is 11.5 Å². The predicted octanol–water partition coefficient (Wildman–Crippen LogP) is 4.73. The Hall–Kier alpha value is -4.13. The normalized spacial score (nSPS) is 17.2. The number of pyridine rings is 1. The van der Waals surface area contributed by atoms with Crippen LogP contribution in [0.2, 0.25) is 0 Å². The van der Waals surface area contributed by atoms with Gasteiger partial charge in [0.25, 0.3) is 11.7 Å². The van der Waals surface area contributed by atoms with Crippen LogP contribution < -0.4 is 14.4 Å². The Morgan fingerprint density at radius 3 is 2.53 bits per heavy atom. The first-order valence-corrected chi connectivity index (χ1v) is 11.0. The first kappa shape index (κ1) is 23.0. The number of ether oxygens (including phenoxy) is 2. The van der Waals surface area contributed by atoms with E-state index < -0.39 is 17.7 Å². The molecule has 1 amide bonds. The average Bonchev–Trinajstić information content (AvgIpc) is 3.11. The van der Waals surface area contributed by atoms with Crippen LogP contribution in [0.25, 0.3) is 5.76 Å². The van der Waals surface area contributed by atoms with E-state index in [9.17, 15) is 14.7 Å². The van der Waals surface area contributed by atoms with Crippen LogP contribution in [0.4, 0.5) is 5.69 Å². The van der Waals surface area contributed by atoms with Gasteiger partial charge in [0.2, 0.25) is 0 Å². The molecule has 3 aromatic rings. The number of hydrogen-bond donors (Lipinski definition) is 1. The Kier molecular flexibility index (Phi) is 6.36. The lowest BCUT2D eigenvalue weighted by Gasteiger charge is -2.25. The van der Waals surface area contributed by atoms with E-state index in [0.29, 0.717) is 40.6 Å². The zero-order valence-corrected chi connectivity index (χ0v) is 19.5. The fraction of sp³-hybridized carbons (Fsp3) is 0.222. The minimum atomic E-state index is -0.903. The fourth-order valence-electron chi connectivity index (χ4n) is 4.22. The number of aliphatic hydroxyl groups is 1. The highest BCUT2D eigenvalue weighted by Gasteiger charge is 2.47. The van der Waals surface area contributed by atoms with Gasteiger partial charge in [0.05, 0.1) is 25.0 Å². The number of aryl methyl sites for hydroxylation is 2. The molecule has 34 heavy (non-hydrogen) atoms. The minimum absolute atomic E-state index is 0.0156. The molecule has 0 saturated carbocycles. The van der Waals surface area contributed by atoms with Crippen LogP contribution in [0.1, 0.15) is 35.3 Å². The summed E-state index contributed by atoms with van der Waals surface area (Å²) in [4.78, 5) is 32.4. The van der Waals surface area contributed by atoms with E-state index in [1.807, 2.05) is 20.8 Å². The average molecular weight is 459 g/mol. The highest BCUT2D eigenvalue weighted by atomic mass is 16.5. The Morgan fingerprint density at radius 2 is 1.85 bits per heavy atom. The third kappa shape index (κ3) is 4.01. The third-order valence-electron chi connectivity index (χ3n) is 5.82. The molecule has 1 N–H and O–H groups in total. The standard InChI is InChI=1S/C27H26N2O5/c1-5-34-19-10-8-9-18(15-19)29-24(21-11-6-7-12-28-21)23(26(31)27(29)32)25(30)20-13-17(3)22(33-4)14-16(20)2/h6-15,24,30H,5H2,1-4H3/b25-23+. The van der Waals surface area contributed by atoms with E-state index in [4.69, 9.17) is 9.47 Å². The second-order valence-corrected chi connectivity index (χ2v) is 7.99. The fourth-order valence-corrected chi connectivity index (χ4v) is 4.22. The maximum atomic E-state index is 13.3. The van der Waals surface area contributed by atoms with Gasteiger partial charge in [-0.25, -0.2) is 0 Å². The van der Waals surface area contributed by atoms with Crippen LogP contribution in [-0.2, 0) is 9.59 Å². The Bertz CT molecular complexity index is 1280. The van der Waals surface area contributed by atoms with Crippen molar-refractivity contribution < 1.29 is 24.2 Å². The van der Waals surface area contributed by atoms with Crippen LogP contribution in [0, 0.1) is 13.8 Å². The number of benzene rings is 2. The molecule has 0 bridgehead atoms. The molecule has 1 aliphatic heterocycles. The summed E-state index contributed by atoms with van der Waals surface area (Å²) >= 11 is 0. The van der Waals surface area contributed by atoms with E-state index in [1.165, 1.54) is 4.90 Å². The van der Waals surface area contributed by atoms with Crippen molar-refractivity contribution in [2.75, 3.05) is 18.6 Å². The maximum Gasteiger partial charge on any atom is 0.300 e. The van der Waals surface area contributed by atoms with Gasteiger partial charge < -0.3 is 14.6 Å². The first-order chi connectivity index (χ1) is 16.4. The summed E-state index contributed by atoms with van der Waals surface area (Å²) in [6.45, 7) is 5.99. The number of methoxy groups -OCH3 is 1. The summed E-state index contributed by atoms with van der Waals surface area (Å²) in [5.41, 5.74) is 2.89. The number of carbonyl (C=O) groups is 2. The van der Waals surface area contributed by atoms with Gasteiger partial charge >= 0.3 is 0 Å². The topological polar surface area (TPSA) is 89.0 Å². The van der Waals surface area contributed by atoms with Gasteiger partial charge in [0, 0.05) is 23.5 Å². The molecule has 1 fully saturated rings. The summed E-state index contributed by atoms with van der Waals surface area (Å²) in [6, 6.07) is 14.9. The molecule has 1 atom stereocenters. The summed E-state index contributed by atoms with van der Waals surface area (Å²) in [5.74, 6) is -0.524. The molecule has 4 rings (SSSR count). The van der Waals surface area contributed by atoms with Gasteiger partial charge in [0.15, 0.2) is 0 Å². The molecular weight excluding hydrogens is 432 g/mol.